The largest absolute Gasteiger partial charge is 0.494 e. The SMILES string of the molecule is CCOc1ccc(S(=O)(=O)Nc2ccc(NCCC(C)C)cc2)cc1. The van der Waals surface area contributed by atoms with E-state index in [-0.39, 0.29) is 4.90 Å². The lowest BCUT2D eigenvalue weighted by atomic mass is 10.1. The number of nitrogens with one attached hydrogen (secondary N) is 2. The number of anilines is 2. The van der Waals surface area contributed by atoms with Gasteiger partial charge < -0.3 is 10.1 Å². The molecule has 2 aromatic carbocycles. The van der Waals surface area contributed by atoms with Crippen molar-refractivity contribution in [1.82, 2.24) is 0 Å². The summed E-state index contributed by atoms with van der Waals surface area (Å²) in [6.07, 6.45) is 1.09. The number of benzene rings is 2. The summed E-state index contributed by atoms with van der Waals surface area (Å²) in [5.74, 6) is 1.30. The minimum absolute atomic E-state index is 0.204. The fourth-order valence-electron chi connectivity index (χ4n) is 2.26. The molecular weight excluding hydrogens is 336 g/mol. The van der Waals surface area contributed by atoms with Gasteiger partial charge >= 0.3 is 0 Å². The Balaban J connectivity index is 2.00. The van der Waals surface area contributed by atoms with Crippen LogP contribution in [0.4, 0.5) is 11.4 Å². The van der Waals surface area contributed by atoms with Gasteiger partial charge in [0.05, 0.1) is 11.5 Å². The van der Waals surface area contributed by atoms with Gasteiger partial charge in [0.2, 0.25) is 0 Å². The van der Waals surface area contributed by atoms with Crippen LogP contribution in [0.3, 0.4) is 0 Å². The van der Waals surface area contributed by atoms with Crippen LogP contribution >= 0.6 is 0 Å². The van der Waals surface area contributed by atoms with E-state index in [1.807, 2.05) is 19.1 Å². The Morgan fingerprint density at radius 2 is 1.56 bits per heavy atom. The molecule has 0 saturated carbocycles. The number of rotatable bonds is 9. The molecule has 5 nitrogen and oxygen atoms in total. The van der Waals surface area contributed by atoms with Gasteiger partial charge in [0.25, 0.3) is 10.0 Å². The quantitative estimate of drug-likeness (QED) is 0.696. The van der Waals surface area contributed by atoms with Crippen LogP contribution in [0.15, 0.2) is 53.4 Å². The Labute approximate surface area is 150 Å². The molecule has 0 atom stereocenters. The van der Waals surface area contributed by atoms with Crippen molar-refractivity contribution in [3.8, 4) is 5.75 Å². The molecule has 2 aromatic rings. The number of hydrogen-bond donors (Lipinski definition) is 2. The summed E-state index contributed by atoms with van der Waals surface area (Å²) in [6, 6.07) is 13.6. The van der Waals surface area contributed by atoms with Crippen molar-refractivity contribution in [3.63, 3.8) is 0 Å². The molecule has 0 unspecified atom stereocenters. The molecule has 2 rings (SSSR count). The van der Waals surface area contributed by atoms with Crippen molar-refractivity contribution in [1.29, 1.82) is 0 Å². The first-order valence-electron chi connectivity index (χ1n) is 8.50. The lowest BCUT2D eigenvalue weighted by Crippen LogP contribution is -2.13. The van der Waals surface area contributed by atoms with Gasteiger partial charge in [-0.2, -0.15) is 0 Å². The third-order valence-electron chi connectivity index (χ3n) is 3.63. The molecule has 0 amide bonds. The second kappa shape index (κ2) is 8.76. The lowest BCUT2D eigenvalue weighted by molar-refractivity contribution is 0.340. The maximum atomic E-state index is 12.4. The first-order chi connectivity index (χ1) is 11.9. The minimum atomic E-state index is -3.61. The lowest BCUT2D eigenvalue weighted by Gasteiger charge is -2.11. The average molecular weight is 362 g/mol. The van der Waals surface area contributed by atoms with Crippen LogP contribution in [-0.2, 0) is 10.0 Å². The first-order valence-corrected chi connectivity index (χ1v) is 9.98. The van der Waals surface area contributed by atoms with E-state index >= 15 is 0 Å². The molecule has 136 valence electrons. The van der Waals surface area contributed by atoms with Gasteiger partial charge in [-0.05, 0) is 67.8 Å². The molecule has 0 fully saturated rings. The van der Waals surface area contributed by atoms with Crippen molar-refractivity contribution in [2.75, 3.05) is 23.2 Å². The monoisotopic (exact) mass is 362 g/mol. The third-order valence-corrected chi connectivity index (χ3v) is 5.03. The second-order valence-corrected chi connectivity index (χ2v) is 7.88. The summed E-state index contributed by atoms with van der Waals surface area (Å²) < 4.78 is 32.8. The van der Waals surface area contributed by atoms with Crippen LogP contribution in [0.1, 0.15) is 27.2 Å². The van der Waals surface area contributed by atoms with Gasteiger partial charge in [0.15, 0.2) is 0 Å². The Bertz CT molecular complexity index is 754. The minimum Gasteiger partial charge on any atom is -0.494 e. The third kappa shape index (κ3) is 5.98. The molecule has 2 N–H and O–H groups in total. The van der Waals surface area contributed by atoms with E-state index in [4.69, 9.17) is 4.74 Å². The molecule has 0 bridgehead atoms. The molecule has 0 heterocycles. The normalized spacial score (nSPS) is 11.4. The zero-order valence-corrected chi connectivity index (χ0v) is 15.8. The van der Waals surface area contributed by atoms with Crippen molar-refractivity contribution in [2.45, 2.75) is 32.1 Å². The summed E-state index contributed by atoms with van der Waals surface area (Å²) in [6.45, 7) is 7.69. The van der Waals surface area contributed by atoms with Gasteiger partial charge in [-0.15, -0.1) is 0 Å². The molecule has 25 heavy (non-hydrogen) atoms. The smallest absolute Gasteiger partial charge is 0.261 e. The van der Waals surface area contributed by atoms with Gasteiger partial charge in [-0.3, -0.25) is 4.72 Å². The van der Waals surface area contributed by atoms with Crippen LogP contribution in [0.25, 0.3) is 0 Å². The standard InChI is InChI=1S/C19H26N2O3S/c1-4-24-18-9-11-19(12-10-18)25(22,23)21-17-7-5-16(6-8-17)20-14-13-15(2)3/h5-12,15,20-21H,4,13-14H2,1-3H3. The fraction of sp³-hybridized carbons (Fsp3) is 0.368. The van der Waals surface area contributed by atoms with E-state index < -0.39 is 10.0 Å². The Morgan fingerprint density at radius 3 is 2.12 bits per heavy atom. The van der Waals surface area contributed by atoms with Crippen LogP contribution in [0, 0.1) is 5.92 Å². The summed E-state index contributed by atoms with van der Waals surface area (Å²) in [5.41, 5.74) is 1.51. The van der Waals surface area contributed by atoms with E-state index in [1.165, 1.54) is 12.1 Å². The number of hydrogen-bond acceptors (Lipinski definition) is 4. The maximum Gasteiger partial charge on any atom is 0.261 e. The van der Waals surface area contributed by atoms with E-state index in [0.29, 0.717) is 24.0 Å². The van der Waals surface area contributed by atoms with Gasteiger partial charge in [-0.1, -0.05) is 13.8 Å². The Hall–Kier alpha value is -2.21. The van der Waals surface area contributed by atoms with Crippen LogP contribution < -0.4 is 14.8 Å². The molecule has 0 radical (unpaired) electrons. The first kappa shape index (κ1) is 19.1. The van der Waals surface area contributed by atoms with E-state index in [1.54, 1.807) is 24.3 Å². The van der Waals surface area contributed by atoms with Gasteiger partial charge in [-0.25, -0.2) is 8.42 Å². The van der Waals surface area contributed by atoms with Crippen LogP contribution in [0.2, 0.25) is 0 Å². The molecule has 0 saturated heterocycles. The summed E-state index contributed by atoms with van der Waals surface area (Å²) in [7, 11) is -3.61. The zero-order chi connectivity index (χ0) is 18.3. The van der Waals surface area contributed by atoms with Crippen LogP contribution in [-0.4, -0.2) is 21.6 Å². The molecule has 6 heteroatoms. The number of ether oxygens (including phenoxy) is 1. The number of sulfonamides is 1. The Morgan fingerprint density at radius 1 is 0.960 bits per heavy atom. The van der Waals surface area contributed by atoms with E-state index in [2.05, 4.69) is 23.9 Å². The predicted octanol–water partition coefficient (Wildman–Crippen LogP) is 4.34. The van der Waals surface area contributed by atoms with Crippen LogP contribution in [0.5, 0.6) is 5.75 Å². The maximum absolute atomic E-state index is 12.4. The molecule has 0 spiro atoms. The highest BCUT2D eigenvalue weighted by atomic mass is 32.2. The second-order valence-electron chi connectivity index (χ2n) is 6.20. The zero-order valence-electron chi connectivity index (χ0n) is 15.0. The summed E-state index contributed by atoms with van der Waals surface area (Å²) in [4.78, 5) is 0.204. The highest BCUT2D eigenvalue weighted by molar-refractivity contribution is 7.92. The van der Waals surface area contributed by atoms with Crippen molar-refractivity contribution < 1.29 is 13.2 Å². The molecule has 0 aliphatic heterocycles. The molecule has 0 aliphatic carbocycles. The van der Waals surface area contributed by atoms with Crippen molar-refractivity contribution in [2.24, 2.45) is 5.92 Å². The van der Waals surface area contributed by atoms with E-state index in [9.17, 15) is 8.42 Å². The highest BCUT2D eigenvalue weighted by Crippen LogP contribution is 2.20. The van der Waals surface area contributed by atoms with Crippen molar-refractivity contribution in [3.05, 3.63) is 48.5 Å². The predicted molar refractivity (Wildman–Crippen MR) is 103 cm³/mol. The molecular formula is C19H26N2O3S. The topological polar surface area (TPSA) is 67.4 Å². The van der Waals surface area contributed by atoms with Gasteiger partial charge in [0, 0.05) is 17.9 Å². The Kier molecular flexibility index (Phi) is 6.70. The van der Waals surface area contributed by atoms with Crippen molar-refractivity contribution >= 4 is 21.4 Å². The molecule has 0 aromatic heterocycles. The summed E-state index contributed by atoms with van der Waals surface area (Å²) >= 11 is 0. The average Bonchev–Trinajstić information content (AvgIpc) is 2.57. The summed E-state index contributed by atoms with van der Waals surface area (Å²) in [5, 5.41) is 3.32. The molecule has 0 aliphatic rings. The van der Waals surface area contributed by atoms with E-state index in [0.717, 1.165) is 18.7 Å². The fourth-order valence-corrected chi connectivity index (χ4v) is 3.32. The highest BCUT2D eigenvalue weighted by Gasteiger charge is 2.14. The van der Waals surface area contributed by atoms with Gasteiger partial charge in [0.1, 0.15) is 5.75 Å².